The summed E-state index contributed by atoms with van der Waals surface area (Å²) >= 11 is 0. The van der Waals surface area contributed by atoms with E-state index in [1.807, 2.05) is 34.6 Å². The van der Waals surface area contributed by atoms with Gasteiger partial charge in [-0.1, -0.05) is 34.6 Å². The van der Waals surface area contributed by atoms with Gasteiger partial charge in [0.15, 0.2) is 11.3 Å². The molecule has 108 valence electrons. The molecule has 0 aliphatic carbocycles. The second-order valence-corrected chi connectivity index (χ2v) is 7.01. The van der Waals surface area contributed by atoms with Gasteiger partial charge in [-0.15, -0.1) is 0 Å². The van der Waals surface area contributed by atoms with Crippen LogP contribution in [-0.4, -0.2) is 46.2 Å². The molecule has 0 saturated carbocycles. The number of carbonyl (C=O) groups is 2. The number of carbonyl (C=O) groups excluding carboxylic acids is 2. The predicted octanol–water partition coefficient (Wildman–Crippen LogP) is 0.946. The molecule has 2 rings (SSSR count). The van der Waals surface area contributed by atoms with Crippen LogP contribution in [0.1, 0.15) is 41.0 Å². The quantitative estimate of drug-likeness (QED) is 0.758. The summed E-state index contributed by atoms with van der Waals surface area (Å²) < 4.78 is 5.72. The molecule has 3 atom stereocenters. The van der Waals surface area contributed by atoms with Crippen LogP contribution >= 0.6 is 0 Å². The predicted molar refractivity (Wildman–Crippen MR) is 69.2 cm³/mol. The first-order chi connectivity index (χ1) is 8.62. The van der Waals surface area contributed by atoms with E-state index in [0.717, 1.165) is 0 Å². The summed E-state index contributed by atoms with van der Waals surface area (Å²) in [5, 5.41) is 10.5. The Labute approximate surface area is 113 Å². The number of ketones is 1. The maximum absolute atomic E-state index is 12.3. The molecule has 0 aromatic rings. The molecule has 1 N–H and O–H groups in total. The van der Waals surface area contributed by atoms with Gasteiger partial charge in [0.2, 0.25) is 5.91 Å². The molecular formula is C14H23NO4. The Morgan fingerprint density at radius 1 is 1.37 bits per heavy atom. The lowest BCUT2D eigenvalue weighted by atomic mass is 9.82. The second-order valence-electron chi connectivity index (χ2n) is 7.01. The fraction of sp³-hybridized carbons (Fsp3) is 0.857. The average molecular weight is 269 g/mol. The van der Waals surface area contributed by atoms with Gasteiger partial charge in [0.1, 0.15) is 6.23 Å². The summed E-state index contributed by atoms with van der Waals surface area (Å²) in [6.07, 6.45) is -1.47. The van der Waals surface area contributed by atoms with Crippen molar-refractivity contribution in [3.8, 4) is 0 Å². The monoisotopic (exact) mass is 269 g/mol. The number of Topliss-reactive ketones (excluding diaryl/α,β-unsaturated/α-hetero) is 1. The van der Waals surface area contributed by atoms with E-state index in [2.05, 4.69) is 0 Å². The van der Waals surface area contributed by atoms with Crippen LogP contribution in [0, 0.1) is 11.3 Å². The molecule has 0 bridgehead atoms. The Morgan fingerprint density at radius 2 is 1.95 bits per heavy atom. The molecule has 5 nitrogen and oxygen atoms in total. The molecule has 2 fully saturated rings. The van der Waals surface area contributed by atoms with E-state index < -0.39 is 17.9 Å². The minimum Gasteiger partial charge on any atom is -0.390 e. The molecule has 2 heterocycles. The third-order valence-corrected chi connectivity index (χ3v) is 4.05. The fourth-order valence-electron chi connectivity index (χ4n) is 3.08. The van der Waals surface area contributed by atoms with Gasteiger partial charge in [0.05, 0.1) is 19.1 Å². The highest BCUT2D eigenvalue weighted by molar-refractivity contribution is 6.11. The van der Waals surface area contributed by atoms with Gasteiger partial charge in [-0.05, 0) is 5.92 Å². The fourth-order valence-corrected chi connectivity index (χ4v) is 3.08. The van der Waals surface area contributed by atoms with Crippen LogP contribution in [0.3, 0.4) is 0 Å². The van der Waals surface area contributed by atoms with Gasteiger partial charge in [-0.25, -0.2) is 0 Å². The highest BCUT2D eigenvalue weighted by Gasteiger charge is 2.65. The highest BCUT2D eigenvalue weighted by atomic mass is 16.5. The van der Waals surface area contributed by atoms with Crippen molar-refractivity contribution in [2.45, 2.75) is 58.9 Å². The number of aliphatic hydroxyl groups excluding tert-OH is 1. The first-order valence-electron chi connectivity index (χ1n) is 6.77. The maximum atomic E-state index is 12.3. The number of ether oxygens (including phenoxy) is 1. The summed E-state index contributed by atoms with van der Waals surface area (Å²) in [7, 11) is 0. The van der Waals surface area contributed by atoms with Crippen molar-refractivity contribution in [1.29, 1.82) is 0 Å². The zero-order chi connectivity index (χ0) is 14.6. The molecule has 0 aromatic heterocycles. The van der Waals surface area contributed by atoms with Gasteiger partial charge < -0.3 is 9.84 Å². The first-order valence-corrected chi connectivity index (χ1v) is 6.77. The van der Waals surface area contributed by atoms with Gasteiger partial charge in [0, 0.05) is 5.41 Å². The lowest BCUT2D eigenvalue weighted by molar-refractivity contribution is -0.146. The lowest BCUT2D eigenvalue weighted by Crippen LogP contribution is -2.60. The number of nitrogens with zero attached hydrogens (tertiary/aromatic N) is 1. The molecule has 1 amide bonds. The molecule has 19 heavy (non-hydrogen) atoms. The summed E-state index contributed by atoms with van der Waals surface area (Å²) in [6, 6.07) is 0. The van der Waals surface area contributed by atoms with Crippen molar-refractivity contribution in [3.63, 3.8) is 0 Å². The van der Waals surface area contributed by atoms with E-state index in [-0.39, 0.29) is 36.1 Å². The SMILES string of the molecule is CC(C)[C@@H](O)[C@]12CO[C@H](C(C)(C)C)N1C(=O)CC2=O. The highest BCUT2D eigenvalue weighted by Crippen LogP contribution is 2.45. The molecule has 0 radical (unpaired) electrons. The third kappa shape index (κ3) is 1.91. The molecular weight excluding hydrogens is 246 g/mol. The smallest absolute Gasteiger partial charge is 0.233 e. The largest absolute Gasteiger partial charge is 0.390 e. The summed E-state index contributed by atoms with van der Waals surface area (Å²) in [4.78, 5) is 26.0. The van der Waals surface area contributed by atoms with Crippen molar-refractivity contribution in [2.75, 3.05) is 6.61 Å². The molecule has 2 saturated heterocycles. The number of hydrogen-bond donors (Lipinski definition) is 1. The van der Waals surface area contributed by atoms with E-state index >= 15 is 0 Å². The van der Waals surface area contributed by atoms with Gasteiger partial charge in [-0.3, -0.25) is 14.5 Å². The zero-order valence-corrected chi connectivity index (χ0v) is 12.3. The van der Waals surface area contributed by atoms with Gasteiger partial charge >= 0.3 is 0 Å². The van der Waals surface area contributed by atoms with Crippen molar-refractivity contribution >= 4 is 11.7 Å². The Bertz CT molecular complexity index is 412. The summed E-state index contributed by atoms with van der Waals surface area (Å²) in [5.41, 5.74) is -1.47. The van der Waals surface area contributed by atoms with E-state index in [1.54, 1.807) is 0 Å². The molecule has 0 aromatic carbocycles. The van der Waals surface area contributed by atoms with Gasteiger partial charge in [-0.2, -0.15) is 0 Å². The number of aliphatic hydroxyl groups is 1. The van der Waals surface area contributed by atoms with E-state index in [1.165, 1.54) is 4.90 Å². The molecule has 2 aliphatic heterocycles. The normalized spacial score (nSPS) is 33.2. The van der Waals surface area contributed by atoms with Crippen molar-refractivity contribution in [2.24, 2.45) is 11.3 Å². The molecule has 5 heteroatoms. The number of rotatable bonds is 2. The van der Waals surface area contributed by atoms with Gasteiger partial charge in [0.25, 0.3) is 0 Å². The zero-order valence-electron chi connectivity index (χ0n) is 12.3. The Hall–Kier alpha value is -0.940. The molecule has 0 spiro atoms. The van der Waals surface area contributed by atoms with Crippen LogP contribution in [0.4, 0.5) is 0 Å². The Balaban J connectivity index is 2.46. The minimum atomic E-state index is -1.18. The Kier molecular flexibility index (Phi) is 3.26. The van der Waals surface area contributed by atoms with E-state index in [0.29, 0.717) is 0 Å². The summed E-state index contributed by atoms with van der Waals surface area (Å²) in [5.74, 6) is -0.563. The summed E-state index contributed by atoms with van der Waals surface area (Å²) in [6.45, 7) is 9.68. The molecule has 2 aliphatic rings. The second kappa shape index (κ2) is 4.28. The van der Waals surface area contributed by atoms with Crippen molar-refractivity contribution < 1.29 is 19.4 Å². The molecule has 0 unspecified atom stereocenters. The van der Waals surface area contributed by atoms with Crippen LogP contribution in [0.2, 0.25) is 0 Å². The topological polar surface area (TPSA) is 66.8 Å². The van der Waals surface area contributed by atoms with Crippen LogP contribution in [-0.2, 0) is 14.3 Å². The Morgan fingerprint density at radius 3 is 2.42 bits per heavy atom. The first kappa shape index (κ1) is 14.5. The van der Waals surface area contributed by atoms with Crippen LogP contribution < -0.4 is 0 Å². The van der Waals surface area contributed by atoms with E-state index in [4.69, 9.17) is 4.74 Å². The van der Waals surface area contributed by atoms with Crippen LogP contribution in [0.25, 0.3) is 0 Å². The van der Waals surface area contributed by atoms with E-state index in [9.17, 15) is 14.7 Å². The third-order valence-electron chi connectivity index (χ3n) is 4.05. The number of fused-ring (bicyclic) bond motifs is 1. The minimum absolute atomic E-state index is 0.0961. The standard InChI is InChI=1S/C14H23NO4/c1-8(2)11(18)14-7-19-12(13(3,4)5)15(14)10(17)6-9(14)16/h8,11-12,18H,6-7H2,1-5H3/t11-,12-,14-/m1/s1. The van der Waals surface area contributed by atoms with Crippen LogP contribution in [0.15, 0.2) is 0 Å². The number of hydrogen-bond acceptors (Lipinski definition) is 4. The van der Waals surface area contributed by atoms with Crippen molar-refractivity contribution in [1.82, 2.24) is 4.90 Å². The number of amides is 1. The van der Waals surface area contributed by atoms with Crippen LogP contribution in [0.5, 0.6) is 0 Å². The lowest BCUT2D eigenvalue weighted by Gasteiger charge is -2.40. The van der Waals surface area contributed by atoms with Crippen molar-refractivity contribution in [3.05, 3.63) is 0 Å². The maximum Gasteiger partial charge on any atom is 0.233 e. The average Bonchev–Trinajstić information content (AvgIpc) is 2.76.